The highest BCUT2D eigenvalue weighted by Crippen LogP contribution is 2.37. The number of nitrogens with two attached hydrogens (primary N) is 1. The second kappa shape index (κ2) is 9.99. The van der Waals surface area contributed by atoms with Crippen LogP contribution in [-0.2, 0) is 27.7 Å². The molecular weight excluding hydrogens is 504 g/mol. The predicted octanol–water partition coefficient (Wildman–Crippen LogP) is 3.33. The van der Waals surface area contributed by atoms with Crippen molar-refractivity contribution in [2.24, 2.45) is 5.73 Å². The van der Waals surface area contributed by atoms with Crippen molar-refractivity contribution >= 4 is 50.0 Å². The van der Waals surface area contributed by atoms with Crippen molar-refractivity contribution in [1.82, 2.24) is 4.90 Å². The van der Waals surface area contributed by atoms with E-state index in [-0.39, 0.29) is 33.3 Å². The van der Waals surface area contributed by atoms with Crippen molar-refractivity contribution in [3.63, 3.8) is 0 Å². The van der Waals surface area contributed by atoms with Gasteiger partial charge in [-0.15, -0.1) is 11.3 Å². The molecule has 0 saturated carbocycles. The molecule has 4 N–H and O–H groups in total. The maximum Gasteiger partial charge on any atom is 0.409 e. The van der Waals surface area contributed by atoms with E-state index in [2.05, 4.69) is 10.0 Å². The van der Waals surface area contributed by atoms with Crippen LogP contribution in [0.4, 0.5) is 15.5 Å². The van der Waals surface area contributed by atoms with Crippen LogP contribution in [0.3, 0.4) is 0 Å². The third-order valence-electron chi connectivity index (χ3n) is 5.67. The van der Waals surface area contributed by atoms with Crippen LogP contribution in [0.1, 0.15) is 36.7 Å². The highest BCUT2D eigenvalue weighted by Gasteiger charge is 2.30. The molecule has 0 fully saturated rings. The molecule has 2 aromatic carbocycles. The average molecular weight is 529 g/mol. The Bertz CT molecular complexity index is 1450. The molecule has 1 aliphatic heterocycles. The number of hydrogen-bond donors (Lipinski definition) is 3. The van der Waals surface area contributed by atoms with Gasteiger partial charge in [0.15, 0.2) is 0 Å². The number of thiophene rings is 1. The molecule has 188 valence electrons. The van der Waals surface area contributed by atoms with E-state index in [1.54, 1.807) is 18.2 Å². The van der Waals surface area contributed by atoms with Gasteiger partial charge < -0.3 is 20.7 Å². The number of ether oxygens (including phenoxy) is 1. The minimum absolute atomic E-state index is 0.0965. The number of sulfonamides is 1. The summed E-state index contributed by atoms with van der Waals surface area (Å²) >= 11 is 1.16. The quantitative estimate of drug-likeness (QED) is 0.447. The molecule has 3 amide bonds. The molecule has 1 aromatic heterocycles. The Kier molecular flexibility index (Phi) is 7.00. The number of hydrogen-bond acceptors (Lipinski definition) is 7. The first-order valence-electron chi connectivity index (χ1n) is 10.9. The van der Waals surface area contributed by atoms with E-state index in [1.165, 1.54) is 42.3 Å². The van der Waals surface area contributed by atoms with Crippen LogP contribution in [-0.4, -0.2) is 44.9 Å². The van der Waals surface area contributed by atoms with Gasteiger partial charge in [-0.25, -0.2) is 13.2 Å². The molecule has 0 aliphatic carbocycles. The number of amides is 3. The highest BCUT2D eigenvalue weighted by molar-refractivity contribution is 7.92. The van der Waals surface area contributed by atoms with Gasteiger partial charge in [0.2, 0.25) is 0 Å². The normalized spacial score (nSPS) is 13.0. The Morgan fingerprint density at radius 2 is 1.83 bits per heavy atom. The molecule has 0 unspecified atom stereocenters. The number of carbonyl (C=O) groups is 3. The predicted molar refractivity (Wildman–Crippen MR) is 136 cm³/mol. The Labute approximate surface area is 212 Å². The summed E-state index contributed by atoms with van der Waals surface area (Å²) in [6, 6.07) is 12.4. The van der Waals surface area contributed by atoms with Crippen molar-refractivity contribution in [2.45, 2.75) is 24.8 Å². The van der Waals surface area contributed by atoms with Crippen LogP contribution in [0, 0.1) is 6.92 Å². The summed E-state index contributed by atoms with van der Waals surface area (Å²) < 4.78 is 32.7. The number of nitrogens with zero attached hydrogens (tertiary/aromatic N) is 1. The average Bonchev–Trinajstić information content (AvgIpc) is 3.20. The lowest BCUT2D eigenvalue weighted by Crippen LogP contribution is -2.35. The molecule has 2 heterocycles. The Hall–Kier alpha value is -3.90. The largest absolute Gasteiger partial charge is 0.453 e. The molecule has 10 nitrogen and oxygen atoms in total. The number of fused-ring (bicyclic) bond motifs is 1. The van der Waals surface area contributed by atoms with Crippen molar-refractivity contribution in [1.29, 1.82) is 0 Å². The zero-order chi connectivity index (χ0) is 26.0. The summed E-state index contributed by atoms with van der Waals surface area (Å²) in [6.07, 6.45) is -0.0871. The smallest absolute Gasteiger partial charge is 0.409 e. The maximum absolute atomic E-state index is 13.0. The van der Waals surface area contributed by atoms with Gasteiger partial charge >= 0.3 is 6.09 Å². The SMILES string of the molecule is COC(=O)N1CCc2c(sc(NC(=O)c3cccc(NS(=O)(=O)c4ccc(C)cc4)c3)c2C(N)=O)C1. The lowest BCUT2D eigenvalue weighted by Gasteiger charge is -2.25. The zero-order valence-electron chi connectivity index (χ0n) is 19.5. The number of primary amides is 1. The molecule has 36 heavy (non-hydrogen) atoms. The first-order chi connectivity index (χ1) is 17.1. The van der Waals surface area contributed by atoms with Crippen LogP contribution in [0.5, 0.6) is 0 Å². The first-order valence-corrected chi connectivity index (χ1v) is 13.2. The number of carbonyl (C=O) groups excluding carboxylic acids is 3. The van der Waals surface area contributed by atoms with Crippen molar-refractivity contribution in [3.05, 3.63) is 75.7 Å². The molecule has 12 heteroatoms. The first kappa shape index (κ1) is 25.2. The fourth-order valence-electron chi connectivity index (χ4n) is 3.87. The van der Waals surface area contributed by atoms with E-state index in [4.69, 9.17) is 10.5 Å². The fraction of sp³-hybridized carbons (Fsp3) is 0.208. The summed E-state index contributed by atoms with van der Waals surface area (Å²) in [5.74, 6) is -1.23. The Balaban J connectivity index is 1.56. The third kappa shape index (κ3) is 5.19. The Morgan fingerprint density at radius 3 is 2.50 bits per heavy atom. The molecule has 3 aromatic rings. The molecule has 0 saturated heterocycles. The minimum atomic E-state index is -3.85. The lowest BCUT2D eigenvalue weighted by atomic mass is 10.0. The van der Waals surface area contributed by atoms with Crippen molar-refractivity contribution < 1.29 is 27.5 Å². The number of methoxy groups -OCH3 is 1. The van der Waals surface area contributed by atoms with Gasteiger partial charge in [0.1, 0.15) is 5.00 Å². The van der Waals surface area contributed by atoms with Crippen LogP contribution in [0.15, 0.2) is 53.4 Å². The molecular formula is C24H24N4O6S2. The molecule has 0 spiro atoms. The number of benzene rings is 2. The van der Waals surface area contributed by atoms with Crippen LogP contribution < -0.4 is 15.8 Å². The van der Waals surface area contributed by atoms with Gasteiger partial charge in [-0.05, 0) is 49.2 Å². The summed E-state index contributed by atoms with van der Waals surface area (Å²) in [5, 5.41) is 2.99. The van der Waals surface area contributed by atoms with E-state index in [0.717, 1.165) is 21.8 Å². The number of nitrogens with one attached hydrogen (secondary N) is 2. The van der Waals surface area contributed by atoms with Gasteiger partial charge in [0, 0.05) is 22.7 Å². The monoisotopic (exact) mass is 528 g/mol. The minimum Gasteiger partial charge on any atom is -0.453 e. The summed E-state index contributed by atoms with van der Waals surface area (Å²) in [7, 11) is -2.56. The van der Waals surface area contributed by atoms with Crippen molar-refractivity contribution in [3.8, 4) is 0 Å². The summed E-state index contributed by atoms with van der Waals surface area (Å²) in [4.78, 5) is 39.5. The zero-order valence-corrected chi connectivity index (χ0v) is 21.2. The van der Waals surface area contributed by atoms with Crippen LogP contribution >= 0.6 is 11.3 Å². The van der Waals surface area contributed by atoms with Gasteiger partial charge in [0.05, 0.1) is 24.1 Å². The van der Waals surface area contributed by atoms with E-state index in [0.29, 0.717) is 18.5 Å². The molecule has 1 aliphatic rings. The Morgan fingerprint density at radius 1 is 1.11 bits per heavy atom. The van der Waals surface area contributed by atoms with Gasteiger partial charge in [-0.2, -0.15) is 0 Å². The van der Waals surface area contributed by atoms with Gasteiger partial charge in [-0.3, -0.25) is 14.3 Å². The van der Waals surface area contributed by atoms with Gasteiger partial charge in [0.25, 0.3) is 21.8 Å². The van der Waals surface area contributed by atoms with E-state index < -0.39 is 27.9 Å². The number of aryl methyl sites for hydroxylation is 1. The fourth-order valence-corrected chi connectivity index (χ4v) is 6.18. The number of anilines is 2. The van der Waals surface area contributed by atoms with Crippen LogP contribution in [0.2, 0.25) is 0 Å². The molecule has 0 radical (unpaired) electrons. The van der Waals surface area contributed by atoms with E-state index >= 15 is 0 Å². The molecule has 0 atom stereocenters. The topological polar surface area (TPSA) is 148 Å². The van der Waals surface area contributed by atoms with Gasteiger partial charge in [-0.1, -0.05) is 23.8 Å². The standard InChI is InChI=1S/C24H24N4O6S2/c1-14-6-8-17(9-7-14)36(32,33)27-16-5-3-4-15(12-16)22(30)26-23-20(21(25)29)18-10-11-28(24(31)34-2)13-19(18)35-23/h3-9,12,27H,10-11,13H2,1-2H3,(H2,25,29)(H,26,30). The lowest BCUT2D eigenvalue weighted by molar-refractivity contribution is 0.0999. The summed E-state index contributed by atoms with van der Waals surface area (Å²) in [5.41, 5.74) is 7.83. The van der Waals surface area contributed by atoms with E-state index in [9.17, 15) is 22.8 Å². The maximum atomic E-state index is 13.0. The third-order valence-corrected chi connectivity index (χ3v) is 8.20. The molecule has 0 bridgehead atoms. The van der Waals surface area contributed by atoms with E-state index in [1.807, 2.05) is 6.92 Å². The number of rotatable bonds is 6. The van der Waals surface area contributed by atoms with Crippen LogP contribution in [0.25, 0.3) is 0 Å². The highest BCUT2D eigenvalue weighted by atomic mass is 32.2. The second-order valence-corrected chi connectivity index (χ2v) is 11.0. The molecule has 4 rings (SSSR count). The second-order valence-electron chi connectivity index (χ2n) is 8.17. The van der Waals surface area contributed by atoms with Crippen molar-refractivity contribution in [2.75, 3.05) is 23.7 Å². The summed E-state index contributed by atoms with van der Waals surface area (Å²) in [6.45, 7) is 2.45.